The second-order valence-electron chi connectivity index (χ2n) is 9.27. The van der Waals surface area contributed by atoms with E-state index < -0.39 is 0 Å². The highest BCUT2D eigenvalue weighted by molar-refractivity contribution is 5.85. The standard InChI is InChI=1S/C32H31NO/c34-32(30(27-16-10-11-17-27)26-14-6-2-7-15-26)33-31(28-18-8-3-9-19-28)29-22-20-25(21-23-29)24-12-4-1-5-13-24/h1-9,12-15,18-23,27,30-31H,10-11,16-17H2,(H,33,34)/t30-,31+/m0/s1. The first-order valence-corrected chi connectivity index (χ1v) is 12.4. The lowest BCUT2D eigenvalue weighted by atomic mass is 9.83. The van der Waals surface area contributed by atoms with Crippen molar-refractivity contribution in [1.29, 1.82) is 0 Å². The van der Waals surface area contributed by atoms with E-state index in [-0.39, 0.29) is 17.9 Å². The molecule has 170 valence electrons. The molecule has 1 aliphatic carbocycles. The second-order valence-corrected chi connectivity index (χ2v) is 9.27. The van der Waals surface area contributed by atoms with Crippen molar-refractivity contribution in [3.63, 3.8) is 0 Å². The number of carbonyl (C=O) groups excluding carboxylic acids is 1. The number of benzene rings is 4. The molecule has 2 nitrogen and oxygen atoms in total. The zero-order valence-corrected chi connectivity index (χ0v) is 19.4. The normalized spacial score (nSPS) is 15.5. The summed E-state index contributed by atoms with van der Waals surface area (Å²) in [5.41, 5.74) is 5.69. The fraction of sp³-hybridized carbons (Fsp3) is 0.219. The predicted octanol–water partition coefficient (Wildman–Crippen LogP) is 7.53. The molecule has 0 aliphatic heterocycles. The summed E-state index contributed by atoms with van der Waals surface area (Å²) in [6, 6.07) is 39.4. The number of amides is 1. The molecule has 5 rings (SSSR count). The second kappa shape index (κ2) is 10.5. The highest BCUT2D eigenvalue weighted by atomic mass is 16.2. The maximum absolute atomic E-state index is 13.9. The van der Waals surface area contributed by atoms with Gasteiger partial charge in [-0.15, -0.1) is 0 Å². The van der Waals surface area contributed by atoms with E-state index in [1.807, 2.05) is 42.5 Å². The topological polar surface area (TPSA) is 29.1 Å². The Morgan fingerprint density at radius 3 is 1.65 bits per heavy atom. The third-order valence-electron chi connectivity index (χ3n) is 7.08. The van der Waals surface area contributed by atoms with Crippen LogP contribution >= 0.6 is 0 Å². The SMILES string of the molecule is O=C(N[C@H](c1ccccc1)c1ccc(-c2ccccc2)cc1)[C@@H](c1ccccc1)C1CCCC1. The van der Waals surface area contributed by atoms with Crippen LogP contribution in [-0.2, 0) is 4.79 Å². The highest BCUT2D eigenvalue weighted by Crippen LogP contribution is 2.38. The molecule has 2 atom stereocenters. The number of hydrogen-bond donors (Lipinski definition) is 1. The molecule has 4 aromatic rings. The third-order valence-corrected chi connectivity index (χ3v) is 7.08. The van der Waals surface area contributed by atoms with Gasteiger partial charge in [0.25, 0.3) is 0 Å². The van der Waals surface area contributed by atoms with Crippen molar-refractivity contribution in [2.75, 3.05) is 0 Å². The Bertz CT molecular complexity index is 1180. The quantitative estimate of drug-likeness (QED) is 0.313. The van der Waals surface area contributed by atoms with Crippen molar-refractivity contribution in [3.8, 4) is 11.1 Å². The number of carbonyl (C=O) groups is 1. The zero-order valence-electron chi connectivity index (χ0n) is 19.4. The molecule has 0 bridgehead atoms. The Morgan fingerprint density at radius 1 is 0.588 bits per heavy atom. The van der Waals surface area contributed by atoms with Gasteiger partial charge in [0, 0.05) is 0 Å². The van der Waals surface area contributed by atoms with Crippen LogP contribution in [0.15, 0.2) is 115 Å². The monoisotopic (exact) mass is 445 g/mol. The van der Waals surface area contributed by atoms with Gasteiger partial charge in [-0.1, -0.05) is 128 Å². The Balaban J connectivity index is 1.46. The molecule has 2 heteroatoms. The first-order chi connectivity index (χ1) is 16.8. The van der Waals surface area contributed by atoms with Crippen LogP contribution in [0.2, 0.25) is 0 Å². The summed E-state index contributed by atoms with van der Waals surface area (Å²) in [5, 5.41) is 3.45. The van der Waals surface area contributed by atoms with Crippen LogP contribution < -0.4 is 5.32 Å². The average Bonchev–Trinajstić information content (AvgIpc) is 3.44. The molecule has 0 saturated heterocycles. The van der Waals surface area contributed by atoms with Crippen molar-refractivity contribution in [2.45, 2.75) is 37.6 Å². The molecule has 1 saturated carbocycles. The van der Waals surface area contributed by atoms with Crippen LogP contribution in [0.5, 0.6) is 0 Å². The van der Waals surface area contributed by atoms with E-state index in [1.165, 1.54) is 24.0 Å². The molecule has 0 radical (unpaired) electrons. The van der Waals surface area contributed by atoms with Gasteiger partial charge in [0.15, 0.2) is 0 Å². The highest BCUT2D eigenvalue weighted by Gasteiger charge is 2.33. The lowest BCUT2D eigenvalue weighted by Crippen LogP contribution is -2.36. The molecule has 1 amide bonds. The zero-order chi connectivity index (χ0) is 23.2. The maximum atomic E-state index is 13.9. The first kappa shape index (κ1) is 22.2. The molecule has 1 N–H and O–H groups in total. The first-order valence-electron chi connectivity index (χ1n) is 12.4. The average molecular weight is 446 g/mol. The largest absolute Gasteiger partial charge is 0.345 e. The van der Waals surface area contributed by atoms with Crippen LogP contribution in [0.1, 0.15) is 54.3 Å². The Hall–Kier alpha value is -3.65. The van der Waals surface area contributed by atoms with E-state index in [2.05, 4.69) is 78.1 Å². The van der Waals surface area contributed by atoms with Gasteiger partial charge in [-0.25, -0.2) is 0 Å². The molecule has 1 aliphatic rings. The lowest BCUT2D eigenvalue weighted by Gasteiger charge is -2.27. The van der Waals surface area contributed by atoms with Crippen LogP contribution in [0.25, 0.3) is 11.1 Å². The van der Waals surface area contributed by atoms with Gasteiger partial charge in [-0.2, -0.15) is 0 Å². The van der Waals surface area contributed by atoms with E-state index in [4.69, 9.17) is 0 Å². The number of nitrogens with one attached hydrogen (secondary N) is 1. The van der Waals surface area contributed by atoms with Crippen LogP contribution in [0.4, 0.5) is 0 Å². The summed E-state index contributed by atoms with van der Waals surface area (Å²) >= 11 is 0. The molecule has 0 heterocycles. The molecule has 4 aromatic carbocycles. The van der Waals surface area contributed by atoms with Crippen LogP contribution in [-0.4, -0.2) is 5.91 Å². The van der Waals surface area contributed by atoms with Gasteiger partial charge in [0.1, 0.15) is 0 Å². The summed E-state index contributed by atoms with van der Waals surface area (Å²) in [6.07, 6.45) is 4.66. The molecular formula is C32H31NO. The Morgan fingerprint density at radius 2 is 1.06 bits per heavy atom. The molecule has 1 fully saturated rings. The molecule has 0 spiro atoms. The fourth-order valence-corrected chi connectivity index (χ4v) is 5.32. The Kier molecular flexibility index (Phi) is 6.86. The summed E-state index contributed by atoms with van der Waals surface area (Å²) in [6.45, 7) is 0. The molecular weight excluding hydrogens is 414 g/mol. The Labute approximate surface area is 202 Å². The van der Waals surface area contributed by atoms with Gasteiger partial charge in [-0.05, 0) is 46.6 Å². The van der Waals surface area contributed by atoms with E-state index in [0.29, 0.717) is 5.92 Å². The molecule has 34 heavy (non-hydrogen) atoms. The van der Waals surface area contributed by atoms with E-state index in [1.54, 1.807) is 0 Å². The van der Waals surface area contributed by atoms with Gasteiger partial charge in [-0.3, -0.25) is 4.79 Å². The summed E-state index contributed by atoms with van der Waals surface area (Å²) < 4.78 is 0. The van der Waals surface area contributed by atoms with Gasteiger partial charge < -0.3 is 5.32 Å². The van der Waals surface area contributed by atoms with Crippen molar-refractivity contribution < 1.29 is 4.79 Å². The van der Waals surface area contributed by atoms with Gasteiger partial charge in [0.05, 0.1) is 12.0 Å². The van der Waals surface area contributed by atoms with E-state index >= 15 is 0 Å². The van der Waals surface area contributed by atoms with Crippen molar-refractivity contribution in [2.24, 2.45) is 5.92 Å². The van der Waals surface area contributed by atoms with Crippen molar-refractivity contribution in [3.05, 3.63) is 132 Å². The summed E-state index contributed by atoms with van der Waals surface area (Å²) in [7, 11) is 0. The smallest absolute Gasteiger partial charge is 0.228 e. The van der Waals surface area contributed by atoms with Crippen molar-refractivity contribution >= 4 is 5.91 Å². The van der Waals surface area contributed by atoms with Gasteiger partial charge >= 0.3 is 0 Å². The number of hydrogen-bond acceptors (Lipinski definition) is 1. The maximum Gasteiger partial charge on any atom is 0.228 e. The van der Waals surface area contributed by atoms with Crippen LogP contribution in [0, 0.1) is 5.92 Å². The summed E-state index contributed by atoms with van der Waals surface area (Å²) in [5.74, 6) is 0.414. The van der Waals surface area contributed by atoms with Gasteiger partial charge in [0.2, 0.25) is 5.91 Å². The minimum atomic E-state index is -0.189. The fourth-order valence-electron chi connectivity index (χ4n) is 5.32. The number of rotatable bonds is 7. The molecule has 0 unspecified atom stereocenters. The minimum absolute atomic E-state index is 0.112. The third kappa shape index (κ3) is 4.97. The van der Waals surface area contributed by atoms with Crippen LogP contribution in [0.3, 0.4) is 0 Å². The predicted molar refractivity (Wildman–Crippen MR) is 139 cm³/mol. The minimum Gasteiger partial charge on any atom is -0.345 e. The van der Waals surface area contributed by atoms with E-state index in [9.17, 15) is 4.79 Å². The summed E-state index contributed by atoms with van der Waals surface area (Å²) in [4.78, 5) is 13.9. The molecule has 0 aromatic heterocycles. The van der Waals surface area contributed by atoms with E-state index in [0.717, 1.165) is 29.5 Å². The lowest BCUT2D eigenvalue weighted by molar-refractivity contribution is -0.124. The van der Waals surface area contributed by atoms with Crippen molar-refractivity contribution in [1.82, 2.24) is 5.32 Å².